The van der Waals surface area contributed by atoms with Crippen LogP contribution in [-0.4, -0.2) is 32.0 Å². The summed E-state index contributed by atoms with van der Waals surface area (Å²) in [5.41, 5.74) is 0.834. The van der Waals surface area contributed by atoms with Crippen LogP contribution in [0.15, 0.2) is 28.7 Å². The van der Waals surface area contributed by atoms with Crippen LogP contribution in [0.3, 0.4) is 0 Å². The quantitative estimate of drug-likeness (QED) is 0.718. The van der Waals surface area contributed by atoms with Gasteiger partial charge in [0.25, 0.3) is 0 Å². The van der Waals surface area contributed by atoms with Gasteiger partial charge in [0.05, 0.1) is 9.90 Å². The predicted molar refractivity (Wildman–Crippen MR) is 79.3 cm³/mol. The molecular formula is C12H18N4O2S2. The third-order valence-electron chi connectivity index (χ3n) is 2.85. The Hall–Kier alpha value is -1.22. The molecule has 20 heavy (non-hydrogen) atoms. The van der Waals surface area contributed by atoms with Crippen molar-refractivity contribution in [3.63, 3.8) is 0 Å². The molecule has 2 rings (SSSR count). The molecule has 0 saturated carbocycles. The first-order valence-corrected chi connectivity index (χ1v) is 8.60. The molecule has 110 valence electrons. The maximum Gasteiger partial charge on any atom is 0.242 e. The lowest BCUT2D eigenvalue weighted by atomic mass is 10.2. The Morgan fingerprint density at radius 3 is 2.95 bits per heavy atom. The number of aromatic nitrogens is 2. The van der Waals surface area contributed by atoms with Crippen molar-refractivity contribution in [3.05, 3.63) is 34.5 Å². The average molecular weight is 314 g/mol. The molecule has 0 spiro atoms. The maximum atomic E-state index is 12.2. The third-order valence-corrected chi connectivity index (χ3v) is 5.26. The molecule has 6 nitrogen and oxygen atoms in total. The Balaban J connectivity index is 1.99. The molecule has 2 heterocycles. The minimum Gasteiger partial charge on any atom is -0.363 e. The first-order valence-electron chi connectivity index (χ1n) is 6.24. The number of sulfonamides is 1. The van der Waals surface area contributed by atoms with Gasteiger partial charge in [0.15, 0.2) is 0 Å². The van der Waals surface area contributed by atoms with E-state index < -0.39 is 10.0 Å². The summed E-state index contributed by atoms with van der Waals surface area (Å²) in [6.45, 7) is 2.89. The van der Waals surface area contributed by atoms with Crippen LogP contribution in [0.2, 0.25) is 0 Å². The van der Waals surface area contributed by atoms with Crippen LogP contribution in [0.25, 0.3) is 0 Å². The van der Waals surface area contributed by atoms with E-state index in [1.54, 1.807) is 12.3 Å². The van der Waals surface area contributed by atoms with Gasteiger partial charge in [-0.1, -0.05) is 6.92 Å². The number of hydrogen-bond donors (Lipinski definition) is 3. The summed E-state index contributed by atoms with van der Waals surface area (Å²) in [5, 5.41) is 5.78. The van der Waals surface area contributed by atoms with Gasteiger partial charge < -0.3 is 10.3 Å². The average Bonchev–Trinajstić information content (AvgIpc) is 3.07. The van der Waals surface area contributed by atoms with E-state index in [1.807, 2.05) is 19.4 Å². The van der Waals surface area contributed by atoms with Crippen molar-refractivity contribution in [2.75, 3.05) is 13.6 Å². The molecule has 0 amide bonds. The normalized spacial score (nSPS) is 13.5. The SMILES string of the molecule is CNCc1cc(S(=O)(=O)NCC(C)c2nccs2)c[nH]1. The van der Waals surface area contributed by atoms with Gasteiger partial charge in [0.2, 0.25) is 10.0 Å². The minimum atomic E-state index is -3.48. The molecule has 3 N–H and O–H groups in total. The van der Waals surface area contributed by atoms with Crippen molar-refractivity contribution in [2.24, 2.45) is 0 Å². The van der Waals surface area contributed by atoms with Crippen molar-refractivity contribution >= 4 is 21.4 Å². The molecule has 0 aromatic carbocycles. The maximum absolute atomic E-state index is 12.2. The number of H-pyrrole nitrogens is 1. The second kappa shape index (κ2) is 6.49. The Labute approximate surface area is 122 Å². The number of rotatable bonds is 7. The molecule has 2 aromatic heterocycles. The van der Waals surface area contributed by atoms with Gasteiger partial charge in [-0.05, 0) is 13.1 Å². The summed E-state index contributed by atoms with van der Waals surface area (Å²) in [7, 11) is -1.67. The van der Waals surface area contributed by atoms with Gasteiger partial charge in [-0.25, -0.2) is 18.1 Å². The zero-order valence-electron chi connectivity index (χ0n) is 11.4. The Bertz CT molecular complexity index is 634. The smallest absolute Gasteiger partial charge is 0.242 e. The van der Waals surface area contributed by atoms with Crippen LogP contribution in [0, 0.1) is 0 Å². The van der Waals surface area contributed by atoms with Gasteiger partial charge in [-0.3, -0.25) is 0 Å². The van der Waals surface area contributed by atoms with E-state index in [-0.39, 0.29) is 10.8 Å². The van der Waals surface area contributed by atoms with Crippen molar-refractivity contribution in [1.29, 1.82) is 0 Å². The van der Waals surface area contributed by atoms with E-state index in [0.717, 1.165) is 10.7 Å². The van der Waals surface area contributed by atoms with Crippen LogP contribution in [0.1, 0.15) is 23.5 Å². The number of nitrogens with one attached hydrogen (secondary N) is 3. The molecule has 1 unspecified atom stereocenters. The molecule has 0 saturated heterocycles. The summed E-state index contributed by atoms with van der Waals surface area (Å²) >= 11 is 1.53. The topological polar surface area (TPSA) is 86.9 Å². The summed E-state index contributed by atoms with van der Waals surface area (Å²) in [6.07, 6.45) is 3.23. The van der Waals surface area contributed by atoms with Crippen LogP contribution >= 0.6 is 11.3 Å². The fraction of sp³-hybridized carbons (Fsp3) is 0.417. The lowest BCUT2D eigenvalue weighted by Crippen LogP contribution is -2.27. The summed E-state index contributed by atoms with van der Waals surface area (Å²) < 4.78 is 26.9. The molecule has 0 aliphatic rings. The Morgan fingerprint density at radius 2 is 2.30 bits per heavy atom. The van der Waals surface area contributed by atoms with E-state index in [1.165, 1.54) is 17.5 Å². The molecule has 0 fully saturated rings. The highest BCUT2D eigenvalue weighted by Crippen LogP contribution is 2.18. The van der Waals surface area contributed by atoms with Crippen LogP contribution in [0.4, 0.5) is 0 Å². The first kappa shape index (κ1) is 15.2. The molecule has 0 bridgehead atoms. The predicted octanol–water partition coefficient (Wildman–Crippen LogP) is 1.27. The lowest BCUT2D eigenvalue weighted by molar-refractivity contribution is 0.575. The van der Waals surface area contributed by atoms with Crippen LogP contribution in [0.5, 0.6) is 0 Å². The summed E-state index contributed by atoms with van der Waals surface area (Å²) in [5.74, 6) is 0.0560. The molecular weight excluding hydrogens is 296 g/mol. The fourth-order valence-electron chi connectivity index (χ4n) is 1.75. The zero-order valence-corrected chi connectivity index (χ0v) is 13.0. The number of aromatic amines is 1. The highest BCUT2D eigenvalue weighted by atomic mass is 32.2. The van der Waals surface area contributed by atoms with Gasteiger partial charge in [0.1, 0.15) is 0 Å². The largest absolute Gasteiger partial charge is 0.363 e. The highest BCUT2D eigenvalue weighted by molar-refractivity contribution is 7.89. The third kappa shape index (κ3) is 3.66. The minimum absolute atomic E-state index is 0.0560. The number of hydrogen-bond acceptors (Lipinski definition) is 5. The fourth-order valence-corrected chi connectivity index (χ4v) is 3.60. The van der Waals surface area contributed by atoms with E-state index in [4.69, 9.17) is 0 Å². The number of nitrogens with zero attached hydrogens (tertiary/aromatic N) is 1. The van der Waals surface area contributed by atoms with E-state index in [2.05, 4.69) is 20.0 Å². The van der Waals surface area contributed by atoms with Gasteiger partial charge in [0, 0.05) is 42.5 Å². The second-order valence-electron chi connectivity index (χ2n) is 4.51. The number of thiazole rings is 1. The van der Waals surface area contributed by atoms with Crippen molar-refractivity contribution in [2.45, 2.75) is 24.3 Å². The van der Waals surface area contributed by atoms with Gasteiger partial charge >= 0.3 is 0 Å². The van der Waals surface area contributed by atoms with Gasteiger partial charge in [-0.2, -0.15) is 0 Å². The van der Waals surface area contributed by atoms with Crippen molar-refractivity contribution in [1.82, 2.24) is 20.0 Å². The second-order valence-corrected chi connectivity index (χ2v) is 7.21. The monoisotopic (exact) mass is 314 g/mol. The van der Waals surface area contributed by atoms with Crippen LogP contribution < -0.4 is 10.0 Å². The van der Waals surface area contributed by atoms with Crippen molar-refractivity contribution < 1.29 is 8.42 Å². The lowest BCUT2D eigenvalue weighted by Gasteiger charge is -2.09. The molecule has 8 heteroatoms. The Morgan fingerprint density at radius 1 is 1.50 bits per heavy atom. The summed E-state index contributed by atoms with van der Waals surface area (Å²) in [6, 6.07) is 1.63. The highest BCUT2D eigenvalue weighted by Gasteiger charge is 2.18. The standard InChI is InChI=1S/C12H18N4O2S2/c1-9(12-14-3-4-19-12)6-16-20(17,18)11-5-10(7-13-2)15-8-11/h3-5,8-9,13,15-16H,6-7H2,1-2H3. The Kier molecular flexibility index (Phi) is 4.92. The molecule has 0 aliphatic carbocycles. The molecule has 0 aliphatic heterocycles. The molecule has 2 aromatic rings. The van der Waals surface area contributed by atoms with E-state index >= 15 is 0 Å². The van der Waals surface area contributed by atoms with E-state index in [0.29, 0.717) is 13.1 Å². The van der Waals surface area contributed by atoms with Crippen LogP contribution in [-0.2, 0) is 16.6 Å². The first-order chi connectivity index (χ1) is 9.53. The van der Waals surface area contributed by atoms with Gasteiger partial charge in [-0.15, -0.1) is 11.3 Å². The molecule has 0 radical (unpaired) electrons. The van der Waals surface area contributed by atoms with E-state index in [9.17, 15) is 8.42 Å². The van der Waals surface area contributed by atoms with Crippen molar-refractivity contribution in [3.8, 4) is 0 Å². The molecule has 1 atom stereocenters. The summed E-state index contributed by atoms with van der Waals surface area (Å²) in [4.78, 5) is 7.38. The zero-order chi connectivity index (χ0) is 14.6.